The maximum atomic E-state index is 13.4. The number of nitrogens with zero attached hydrogens (tertiary/aromatic N) is 2. The van der Waals surface area contributed by atoms with Crippen LogP contribution < -0.4 is 5.32 Å². The number of amides is 1. The molecule has 0 aliphatic heterocycles. The second kappa shape index (κ2) is 7.67. The molecular formula is C24H19N3OS2. The number of carbonyl (C=O) groups excluding carboxylic acids is 1. The Morgan fingerprint density at radius 3 is 2.93 bits per heavy atom. The fourth-order valence-corrected chi connectivity index (χ4v) is 6.08. The molecule has 1 aromatic carbocycles. The number of rotatable bonds is 3. The molecule has 1 amide bonds. The normalized spacial score (nSPS) is 15.5. The zero-order valence-electron chi connectivity index (χ0n) is 16.4. The van der Waals surface area contributed by atoms with Gasteiger partial charge >= 0.3 is 0 Å². The van der Waals surface area contributed by atoms with Gasteiger partial charge in [0.2, 0.25) is 0 Å². The van der Waals surface area contributed by atoms with Crippen molar-refractivity contribution in [3.8, 4) is 16.6 Å². The zero-order chi connectivity index (χ0) is 20.7. The molecule has 4 aromatic rings. The largest absolute Gasteiger partial charge is 0.312 e. The lowest BCUT2D eigenvalue weighted by Crippen LogP contribution is -2.13. The molecule has 1 unspecified atom stereocenters. The van der Waals surface area contributed by atoms with E-state index in [1.54, 1.807) is 22.7 Å². The van der Waals surface area contributed by atoms with Crippen LogP contribution in [0.1, 0.15) is 39.7 Å². The van der Waals surface area contributed by atoms with E-state index in [0.29, 0.717) is 22.0 Å². The maximum Gasteiger partial charge on any atom is 0.257 e. The number of pyridine rings is 1. The monoisotopic (exact) mass is 429 g/mol. The minimum atomic E-state index is -0.199. The molecule has 0 saturated carbocycles. The van der Waals surface area contributed by atoms with E-state index in [2.05, 4.69) is 18.3 Å². The molecule has 6 heteroatoms. The molecule has 0 bridgehead atoms. The molecule has 3 heterocycles. The van der Waals surface area contributed by atoms with Crippen LogP contribution in [0.3, 0.4) is 0 Å². The van der Waals surface area contributed by atoms with E-state index >= 15 is 0 Å². The minimum absolute atomic E-state index is 0.199. The van der Waals surface area contributed by atoms with Crippen LogP contribution in [0.5, 0.6) is 0 Å². The summed E-state index contributed by atoms with van der Waals surface area (Å²) in [6.45, 7) is 2.24. The fourth-order valence-electron chi connectivity index (χ4n) is 4.04. The van der Waals surface area contributed by atoms with E-state index in [4.69, 9.17) is 4.98 Å². The van der Waals surface area contributed by atoms with Crippen LogP contribution in [-0.2, 0) is 12.8 Å². The molecule has 4 nitrogen and oxygen atoms in total. The Labute approximate surface area is 182 Å². The van der Waals surface area contributed by atoms with Gasteiger partial charge in [0.05, 0.1) is 27.2 Å². The SMILES string of the molecule is CC1CCc2c(sc(NC(=O)c3cc(-c4cccs4)nc4ccccc34)c2C#N)C1. The Morgan fingerprint density at radius 1 is 1.27 bits per heavy atom. The van der Waals surface area contributed by atoms with Crippen molar-refractivity contribution in [3.63, 3.8) is 0 Å². The maximum absolute atomic E-state index is 13.4. The molecule has 30 heavy (non-hydrogen) atoms. The van der Waals surface area contributed by atoms with Crippen molar-refractivity contribution in [3.05, 3.63) is 69.4 Å². The summed E-state index contributed by atoms with van der Waals surface area (Å²) in [4.78, 5) is 20.4. The molecule has 0 radical (unpaired) electrons. The molecule has 0 fully saturated rings. The van der Waals surface area contributed by atoms with Gasteiger partial charge in [-0.05, 0) is 54.3 Å². The summed E-state index contributed by atoms with van der Waals surface area (Å²) < 4.78 is 0. The lowest BCUT2D eigenvalue weighted by atomic mass is 9.88. The number of hydrogen-bond acceptors (Lipinski definition) is 5. The standard InChI is InChI=1S/C24H19N3OS2/c1-14-8-9-16-18(13-25)24(30-22(16)11-14)27-23(28)17-12-20(21-7-4-10-29-21)26-19-6-3-2-5-15(17)19/h2-7,10,12,14H,8-9,11H2,1H3,(H,27,28). The van der Waals surface area contributed by atoms with E-state index in [0.717, 1.165) is 46.3 Å². The van der Waals surface area contributed by atoms with Gasteiger partial charge in [-0.1, -0.05) is 31.2 Å². The highest BCUT2D eigenvalue weighted by Gasteiger charge is 2.25. The molecule has 3 aromatic heterocycles. The van der Waals surface area contributed by atoms with Crippen LogP contribution in [0, 0.1) is 17.2 Å². The summed E-state index contributed by atoms with van der Waals surface area (Å²) in [7, 11) is 0. The van der Waals surface area contributed by atoms with Gasteiger partial charge in [0, 0.05) is 10.3 Å². The van der Waals surface area contributed by atoms with Crippen LogP contribution in [0.2, 0.25) is 0 Å². The summed E-state index contributed by atoms with van der Waals surface area (Å²) >= 11 is 3.15. The van der Waals surface area contributed by atoms with Crippen molar-refractivity contribution in [2.75, 3.05) is 5.32 Å². The molecule has 5 rings (SSSR count). The van der Waals surface area contributed by atoms with Gasteiger partial charge in [-0.2, -0.15) is 5.26 Å². The molecule has 148 valence electrons. The highest BCUT2D eigenvalue weighted by molar-refractivity contribution is 7.16. The van der Waals surface area contributed by atoms with E-state index in [1.807, 2.05) is 47.8 Å². The summed E-state index contributed by atoms with van der Waals surface area (Å²) in [5, 5.41) is 16.3. The average Bonchev–Trinajstić information content (AvgIpc) is 3.40. The number of nitriles is 1. The number of nitrogens with one attached hydrogen (secondary N) is 1. The minimum Gasteiger partial charge on any atom is -0.312 e. The smallest absolute Gasteiger partial charge is 0.257 e. The third kappa shape index (κ3) is 3.30. The topological polar surface area (TPSA) is 65.8 Å². The van der Waals surface area contributed by atoms with Gasteiger partial charge in [-0.3, -0.25) is 4.79 Å². The zero-order valence-corrected chi connectivity index (χ0v) is 18.1. The van der Waals surface area contributed by atoms with Gasteiger partial charge in [0.25, 0.3) is 5.91 Å². The quantitative estimate of drug-likeness (QED) is 0.417. The fraction of sp³-hybridized carbons (Fsp3) is 0.208. The number of aromatic nitrogens is 1. The van der Waals surface area contributed by atoms with Crippen LogP contribution in [0.25, 0.3) is 21.5 Å². The van der Waals surface area contributed by atoms with Crippen molar-refractivity contribution in [2.45, 2.75) is 26.2 Å². The summed E-state index contributed by atoms with van der Waals surface area (Å²) in [5.74, 6) is 0.415. The van der Waals surface area contributed by atoms with Gasteiger partial charge in [-0.25, -0.2) is 4.98 Å². The number of fused-ring (bicyclic) bond motifs is 2. The summed E-state index contributed by atoms with van der Waals surface area (Å²) in [6, 6.07) is 15.9. The molecule has 1 aliphatic carbocycles. The van der Waals surface area contributed by atoms with Crippen LogP contribution in [-0.4, -0.2) is 10.9 Å². The van der Waals surface area contributed by atoms with Gasteiger partial charge in [-0.15, -0.1) is 22.7 Å². The van der Waals surface area contributed by atoms with Crippen LogP contribution in [0.15, 0.2) is 47.8 Å². The van der Waals surface area contributed by atoms with Crippen molar-refractivity contribution in [1.82, 2.24) is 4.98 Å². The number of carbonyl (C=O) groups is 1. The molecule has 0 saturated heterocycles. The van der Waals surface area contributed by atoms with E-state index in [9.17, 15) is 10.1 Å². The number of para-hydroxylation sites is 1. The number of anilines is 1. The molecule has 1 N–H and O–H groups in total. The second-order valence-electron chi connectivity index (χ2n) is 7.67. The van der Waals surface area contributed by atoms with Gasteiger partial charge < -0.3 is 5.32 Å². The molecular weight excluding hydrogens is 410 g/mol. The van der Waals surface area contributed by atoms with Gasteiger partial charge in [0.15, 0.2) is 0 Å². The van der Waals surface area contributed by atoms with Crippen molar-refractivity contribution in [1.29, 1.82) is 5.26 Å². The second-order valence-corrected chi connectivity index (χ2v) is 9.72. The Balaban J connectivity index is 1.57. The van der Waals surface area contributed by atoms with E-state index in [-0.39, 0.29) is 5.91 Å². The number of benzene rings is 1. The predicted octanol–water partition coefficient (Wildman–Crippen LogP) is 6.27. The van der Waals surface area contributed by atoms with Gasteiger partial charge in [0.1, 0.15) is 11.1 Å². The summed E-state index contributed by atoms with van der Waals surface area (Å²) in [5.41, 5.74) is 3.90. The first-order valence-corrected chi connectivity index (χ1v) is 11.6. The Kier molecular flexibility index (Phi) is 4.86. The van der Waals surface area contributed by atoms with Crippen LogP contribution >= 0.6 is 22.7 Å². The Bertz CT molecular complexity index is 1300. The average molecular weight is 430 g/mol. The lowest BCUT2D eigenvalue weighted by molar-refractivity contribution is 0.102. The first-order valence-electron chi connectivity index (χ1n) is 9.93. The first-order chi connectivity index (χ1) is 14.6. The third-order valence-corrected chi connectivity index (χ3v) is 7.65. The van der Waals surface area contributed by atoms with E-state index < -0.39 is 0 Å². The van der Waals surface area contributed by atoms with Crippen molar-refractivity contribution < 1.29 is 4.79 Å². The highest BCUT2D eigenvalue weighted by atomic mass is 32.1. The van der Waals surface area contributed by atoms with Crippen LogP contribution in [0.4, 0.5) is 5.00 Å². The first kappa shape index (κ1) is 19.0. The van der Waals surface area contributed by atoms with Crippen molar-refractivity contribution >= 4 is 44.5 Å². The molecule has 0 spiro atoms. The lowest BCUT2D eigenvalue weighted by Gasteiger charge is -2.17. The van der Waals surface area contributed by atoms with E-state index in [1.165, 1.54) is 4.88 Å². The number of thiophene rings is 2. The third-order valence-electron chi connectivity index (χ3n) is 5.58. The molecule has 1 aliphatic rings. The Hall–Kier alpha value is -3.01. The molecule has 1 atom stereocenters. The highest BCUT2D eigenvalue weighted by Crippen LogP contribution is 2.39. The Morgan fingerprint density at radius 2 is 2.13 bits per heavy atom. The summed E-state index contributed by atoms with van der Waals surface area (Å²) in [6.07, 6.45) is 2.97. The van der Waals surface area contributed by atoms with Crippen molar-refractivity contribution in [2.24, 2.45) is 5.92 Å². The number of hydrogen-bond donors (Lipinski definition) is 1. The predicted molar refractivity (Wildman–Crippen MR) is 123 cm³/mol.